The standard InChI is InChI=1S/C78H48N4OS/c1-5-19-51(20-6-1)79(55-33-41-67-65(45-55)75-59-27-15-13-17-49(59)29-39-69(75)81(67)53-23-9-3-10-24-53)57-31-35-63-72(47-57)83-71-43-37-62-61(77(63)71)38-44-73-78(62)64-36-32-58(48-74(64)84-73)80(52-21-7-2-8-22-52)56-34-42-68-66(46-56)76-60-28-16-14-18-50(60)30-40-70(76)82(68)54-25-11-4-12-26-54/h1-48H. The van der Waals surface area contributed by atoms with E-state index in [0.29, 0.717) is 0 Å². The van der Waals surface area contributed by atoms with Gasteiger partial charge in [0, 0.05) is 104 Å². The molecule has 0 saturated heterocycles. The van der Waals surface area contributed by atoms with Gasteiger partial charge in [-0.1, -0.05) is 146 Å². The lowest BCUT2D eigenvalue weighted by Gasteiger charge is -2.26. The molecule has 5 nitrogen and oxygen atoms in total. The van der Waals surface area contributed by atoms with E-state index in [1.807, 2.05) is 11.3 Å². The van der Waals surface area contributed by atoms with E-state index in [1.165, 1.54) is 90.6 Å². The largest absolute Gasteiger partial charge is 0.456 e. The van der Waals surface area contributed by atoms with Crippen molar-refractivity contribution in [2.75, 3.05) is 9.80 Å². The second-order valence-corrected chi connectivity index (χ2v) is 23.1. The fourth-order valence-corrected chi connectivity index (χ4v) is 15.0. The van der Waals surface area contributed by atoms with Crippen LogP contribution in [0.3, 0.4) is 0 Å². The number of anilines is 6. The zero-order valence-corrected chi connectivity index (χ0v) is 46.1. The molecule has 392 valence electrons. The summed E-state index contributed by atoms with van der Waals surface area (Å²) in [4.78, 5) is 4.77. The second kappa shape index (κ2) is 18.3. The SMILES string of the molecule is c1ccc(N(c2ccc3c(c2)oc2ccc4c(ccc5sc6cc(N(c7ccccc7)c7ccc8c(c7)c7c9ccccc9ccc7n8-c7ccccc7)ccc6c54)c23)c2ccc3c(c2)c2c4ccccc4ccc2n3-c2ccccc2)cc1. The number of thiophene rings is 1. The van der Waals surface area contributed by atoms with Crippen LogP contribution in [0.2, 0.25) is 0 Å². The maximum Gasteiger partial charge on any atom is 0.137 e. The van der Waals surface area contributed by atoms with E-state index in [9.17, 15) is 0 Å². The highest BCUT2D eigenvalue weighted by Gasteiger charge is 2.24. The molecule has 0 amide bonds. The summed E-state index contributed by atoms with van der Waals surface area (Å²) in [7, 11) is 0. The van der Waals surface area contributed by atoms with Gasteiger partial charge in [-0.3, -0.25) is 0 Å². The molecule has 18 rings (SSSR count). The Morgan fingerprint density at radius 2 is 0.690 bits per heavy atom. The van der Waals surface area contributed by atoms with Crippen LogP contribution in [0.1, 0.15) is 0 Å². The van der Waals surface area contributed by atoms with Gasteiger partial charge in [0.25, 0.3) is 0 Å². The van der Waals surface area contributed by atoms with E-state index in [2.05, 4.69) is 310 Å². The number of rotatable bonds is 8. The highest BCUT2D eigenvalue weighted by Crippen LogP contribution is 2.48. The van der Waals surface area contributed by atoms with Crippen LogP contribution >= 0.6 is 11.3 Å². The molecule has 0 spiro atoms. The molecule has 0 atom stereocenters. The predicted octanol–water partition coefficient (Wildman–Crippen LogP) is 22.5. The number of hydrogen-bond acceptors (Lipinski definition) is 4. The third kappa shape index (κ3) is 7.01. The number of aromatic nitrogens is 2. The van der Waals surface area contributed by atoms with Crippen LogP contribution in [-0.2, 0) is 0 Å². The normalized spacial score (nSPS) is 12.0. The second-order valence-electron chi connectivity index (χ2n) is 22.0. The van der Waals surface area contributed by atoms with Crippen LogP contribution in [0.25, 0.3) is 129 Å². The van der Waals surface area contributed by atoms with Gasteiger partial charge in [0.2, 0.25) is 0 Å². The molecule has 4 aromatic heterocycles. The average molecular weight is 1090 g/mol. The van der Waals surface area contributed by atoms with E-state index in [-0.39, 0.29) is 0 Å². The molecule has 6 heteroatoms. The minimum Gasteiger partial charge on any atom is -0.456 e. The quantitative estimate of drug-likeness (QED) is 0.152. The molecule has 84 heavy (non-hydrogen) atoms. The van der Waals surface area contributed by atoms with E-state index >= 15 is 0 Å². The van der Waals surface area contributed by atoms with Crippen LogP contribution in [-0.4, -0.2) is 9.13 Å². The molecule has 0 fully saturated rings. The Morgan fingerprint density at radius 1 is 0.250 bits per heavy atom. The monoisotopic (exact) mass is 1090 g/mol. The van der Waals surface area contributed by atoms with Crippen molar-refractivity contribution < 1.29 is 4.42 Å². The molecule has 0 aliphatic rings. The lowest BCUT2D eigenvalue weighted by Crippen LogP contribution is -2.09. The summed E-state index contributed by atoms with van der Waals surface area (Å²) in [5, 5.41) is 17.0. The molecule has 0 radical (unpaired) electrons. The van der Waals surface area contributed by atoms with Crippen molar-refractivity contribution in [1.82, 2.24) is 9.13 Å². The Morgan fingerprint density at radius 3 is 1.26 bits per heavy atom. The van der Waals surface area contributed by atoms with E-state index < -0.39 is 0 Å². The Balaban J connectivity index is 0.767. The number of nitrogens with zero attached hydrogens (tertiary/aromatic N) is 4. The van der Waals surface area contributed by atoms with Crippen molar-refractivity contribution in [2.24, 2.45) is 0 Å². The topological polar surface area (TPSA) is 29.5 Å². The van der Waals surface area contributed by atoms with Gasteiger partial charge >= 0.3 is 0 Å². The molecule has 4 heterocycles. The summed E-state index contributed by atoms with van der Waals surface area (Å²) < 4.78 is 14.2. The zero-order valence-electron chi connectivity index (χ0n) is 45.3. The van der Waals surface area contributed by atoms with Gasteiger partial charge in [0.1, 0.15) is 11.2 Å². The van der Waals surface area contributed by atoms with Crippen LogP contribution in [0.5, 0.6) is 0 Å². The summed E-state index contributed by atoms with van der Waals surface area (Å²) >= 11 is 1.86. The molecular formula is C78H48N4OS. The predicted molar refractivity (Wildman–Crippen MR) is 357 cm³/mol. The molecule has 0 bridgehead atoms. The Kier molecular flexibility index (Phi) is 10.2. The van der Waals surface area contributed by atoms with E-state index in [1.54, 1.807) is 0 Å². The lowest BCUT2D eigenvalue weighted by molar-refractivity contribution is 0.669. The fraction of sp³-hybridized carbons (Fsp3) is 0. The van der Waals surface area contributed by atoms with Crippen LogP contribution < -0.4 is 9.80 Å². The van der Waals surface area contributed by atoms with E-state index in [4.69, 9.17) is 4.42 Å². The first-order valence-corrected chi connectivity index (χ1v) is 29.5. The lowest BCUT2D eigenvalue weighted by atomic mass is 9.99. The zero-order chi connectivity index (χ0) is 55.0. The van der Waals surface area contributed by atoms with E-state index in [0.717, 1.165) is 73.0 Å². The molecule has 0 N–H and O–H groups in total. The van der Waals surface area contributed by atoms with Crippen molar-refractivity contribution >= 4 is 164 Å². The molecule has 0 aliphatic heterocycles. The van der Waals surface area contributed by atoms with Gasteiger partial charge in [0.15, 0.2) is 0 Å². The maximum absolute atomic E-state index is 6.92. The average Bonchev–Trinajstić information content (AvgIpc) is 2.11. The smallest absolute Gasteiger partial charge is 0.137 e. The molecular weight excluding hydrogens is 1040 g/mol. The summed E-state index contributed by atoms with van der Waals surface area (Å²) in [5.74, 6) is 0. The van der Waals surface area contributed by atoms with Crippen LogP contribution in [0, 0.1) is 0 Å². The first kappa shape index (κ1) is 46.8. The number of furan rings is 1. The van der Waals surface area contributed by atoms with Crippen molar-refractivity contribution in [3.05, 3.63) is 291 Å². The van der Waals surface area contributed by atoms with Gasteiger partial charge in [0.05, 0.1) is 22.1 Å². The van der Waals surface area contributed by atoms with Gasteiger partial charge in [-0.15, -0.1) is 11.3 Å². The van der Waals surface area contributed by atoms with Gasteiger partial charge in [-0.2, -0.15) is 0 Å². The summed E-state index contributed by atoms with van der Waals surface area (Å²) in [6.45, 7) is 0. The first-order chi connectivity index (χ1) is 41.7. The van der Waals surface area contributed by atoms with Crippen molar-refractivity contribution in [3.63, 3.8) is 0 Å². The highest BCUT2D eigenvalue weighted by molar-refractivity contribution is 7.26. The minimum absolute atomic E-state index is 0.848. The van der Waals surface area contributed by atoms with Gasteiger partial charge in [-0.25, -0.2) is 0 Å². The van der Waals surface area contributed by atoms with Crippen molar-refractivity contribution in [2.45, 2.75) is 0 Å². The molecule has 0 saturated carbocycles. The first-order valence-electron chi connectivity index (χ1n) is 28.6. The van der Waals surface area contributed by atoms with Crippen LogP contribution in [0.15, 0.2) is 296 Å². The third-order valence-electron chi connectivity index (χ3n) is 17.4. The third-order valence-corrected chi connectivity index (χ3v) is 18.5. The van der Waals surface area contributed by atoms with Gasteiger partial charge < -0.3 is 23.4 Å². The summed E-state index contributed by atoms with van der Waals surface area (Å²) in [5.41, 5.74) is 15.2. The number of para-hydroxylation sites is 4. The number of benzene rings is 14. The molecule has 18 aromatic rings. The Hall–Kier alpha value is -10.9. The molecule has 0 unspecified atom stereocenters. The summed E-state index contributed by atoms with van der Waals surface area (Å²) in [6.07, 6.45) is 0. The highest BCUT2D eigenvalue weighted by atomic mass is 32.1. The maximum atomic E-state index is 6.92. The summed E-state index contributed by atoms with van der Waals surface area (Å²) in [6, 6.07) is 106. The molecule has 0 aliphatic carbocycles. The number of fused-ring (bicyclic) bond motifs is 19. The molecule has 14 aromatic carbocycles. The minimum atomic E-state index is 0.848. The Labute approximate surface area is 486 Å². The fourth-order valence-electron chi connectivity index (χ4n) is 13.8. The van der Waals surface area contributed by atoms with Crippen molar-refractivity contribution in [1.29, 1.82) is 0 Å². The number of hydrogen-bond donors (Lipinski definition) is 0. The Bertz CT molecular complexity index is 5330. The van der Waals surface area contributed by atoms with Crippen LogP contribution in [0.4, 0.5) is 34.1 Å². The van der Waals surface area contributed by atoms with Gasteiger partial charge in [-0.05, 0) is 172 Å². The van der Waals surface area contributed by atoms with Crippen molar-refractivity contribution in [3.8, 4) is 11.4 Å².